The van der Waals surface area contributed by atoms with Crippen LogP contribution in [-0.2, 0) is 4.79 Å². The number of hydrogen-bond donors (Lipinski definition) is 0. The first-order chi connectivity index (χ1) is 15.7. The molecule has 0 bridgehead atoms. The Morgan fingerprint density at radius 3 is 2.62 bits per heavy atom. The van der Waals surface area contributed by atoms with Crippen molar-refractivity contribution in [2.24, 2.45) is 5.92 Å². The lowest BCUT2D eigenvalue weighted by atomic mass is 9.97. The zero-order valence-electron chi connectivity index (χ0n) is 19.0. The predicted octanol–water partition coefficient (Wildman–Crippen LogP) is 3.63. The Morgan fingerprint density at radius 2 is 1.91 bits per heavy atom. The fourth-order valence-electron chi connectivity index (χ4n) is 4.54. The van der Waals surface area contributed by atoms with Gasteiger partial charge in [-0.2, -0.15) is 0 Å². The van der Waals surface area contributed by atoms with Gasteiger partial charge in [-0.25, -0.2) is 4.98 Å². The number of ether oxygens (including phenoxy) is 1. The molecule has 0 N–H and O–H groups in total. The second-order valence-corrected chi connectivity index (χ2v) is 9.57. The molecule has 0 aliphatic carbocycles. The van der Waals surface area contributed by atoms with Gasteiger partial charge in [-0.15, -0.1) is 11.8 Å². The first-order valence-corrected chi connectivity index (χ1v) is 12.7. The number of likely N-dealkylation sites (tertiary alicyclic amines) is 1. The summed E-state index contributed by atoms with van der Waals surface area (Å²) in [6.07, 6.45) is 4.19. The van der Waals surface area contributed by atoms with Crippen LogP contribution in [0.25, 0.3) is 0 Å². The third-order valence-corrected chi connectivity index (χ3v) is 7.23. The quantitative estimate of drug-likeness (QED) is 0.568. The normalized spacial score (nSPS) is 19.7. The van der Waals surface area contributed by atoms with E-state index in [1.165, 1.54) is 6.42 Å². The fraction of sp³-hybridized carbons (Fsp3) is 0.520. The molecule has 2 saturated heterocycles. The summed E-state index contributed by atoms with van der Waals surface area (Å²) < 4.78 is 5.49. The summed E-state index contributed by atoms with van der Waals surface area (Å²) in [4.78, 5) is 25.4. The molecular weight excluding hydrogens is 420 g/mol. The maximum atomic E-state index is 12.8. The zero-order valence-corrected chi connectivity index (χ0v) is 19.8. The minimum absolute atomic E-state index is 0.258. The van der Waals surface area contributed by atoms with Crippen molar-refractivity contribution in [2.75, 3.05) is 63.1 Å². The van der Waals surface area contributed by atoms with Gasteiger partial charge in [0, 0.05) is 56.9 Å². The van der Waals surface area contributed by atoms with Crippen molar-refractivity contribution in [3.63, 3.8) is 0 Å². The van der Waals surface area contributed by atoms with Gasteiger partial charge in [0.2, 0.25) is 5.91 Å². The molecule has 0 saturated carbocycles. The van der Waals surface area contributed by atoms with Gasteiger partial charge in [0.1, 0.15) is 11.6 Å². The van der Waals surface area contributed by atoms with Gasteiger partial charge < -0.3 is 14.5 Å². The number of amides is 1. The SMILES string of the molecule is CCOc1ccc(SCC(=O)N2CCCC(CN3CCN(c4ccccn4)CC3)C2)cc1. The molecule has 7 heteroatoms. The molecule has 0 radical (unpaired) electrons. The van der Waals surface area contributed by atoms with E-state index in [1.807, 2.05) is 43.5 Å². The second kappa shape index (κ2) is 11.6. The van der Waals surface area contributed by atoms with Crippen molar-refractivity contribution >= 4 is 23.5 Å². The Kier molecular flexibility index (Phi) is 8.29. The number of piperazine rings is 1. The van der Waals surface area contributed by atoms with Crippen LogP contribution in [0.2, 0.25) is 0 Å². The van der Waals surface area contributed by atoms with Crippen molar-refractivity contribution in [2.45, 2.75) is 24.7 Å². The molecule has 2 aliphatic rings. The summed E-state index contributed by atoms with van der Waals surface area (Å²) in [6, 6.07) is 14.1. The number of hydrogen-bond acceptors (Lipinski definition) is 6. The van der Waals surface area contributed by atoms with Crippen LogP contribution in [0, 0.1) is 5.92 Å². The lowest BCUT2D eigenvalue weighted by molar-refractivity contribution is -0.130. The molecule has 3 heterocycles. The number of rotatable bonds is 8. The molecule has 0 spiro atoms. The number of carbonyl (C=O) groups excluding carboxylic acids is 1. The van der Waals surface area contributed by atoms with Crippen LogP contribution in [0.4, 0.5) is 5.82 Å². The largest absolute Gasteiger partial charge is 0.494 e. The minimum Gasteiger partial charge on any atom is -0.494 e. The summed E-state index contributed by atoms with van der Waals surface area (Å²) >= 11 is 1.62. The highest BCUT2D eigenvalue weighted by molar-refractivity contribution is 8.00. The number of thioether (sulfide) groups is 1. The summed E-state index contributed by atoms with van der Waals surface area (Å²) in [5.74, 6) is 3.29. The fourth-order valence-corrected chi connectivity index (χ4v) is 5.34. The van der Waals surface area contributed by atoms with Crippen LogP contribution in [-0.4, -0.2) is 78.9 Å². The Bertz CT molecular complexity index is 841. The van der Waals surface area contributed by atoms with Gasteiger partial charge in [0.25, 0.3) is 0 Å². The summed E-state index contributed by atoms with van der Waals surface area (Å²) in [5.41, 5.74) is 0. The van der Waals surface area contributed by atoms with Crippen LogP contribution >= 0.6 is 11.8 Å². The number of benzene rings is 1. The average Bonchev–Trinajstić information content (AvgIpc) is 2.85. The maximum Gasteiger partial charge on any atom is 0.232 e. The highest BCUT2D eigenvalue weighted by Crippen LogP contribution is 2.24. The molecule has 4 rings (SSSR count). The number of aromatic nitrogens is 1. The Balaban J connectivity index is 1.20. The number of piperidine rings is 1. The third kappa shape index (κ3) is 6.39. The standard InChI is InChI=1S/C25H34N4O2S/c1-2-31-22-8-10-23(11-9-22)32-20-25(30)29-13-5-6-21(19-29)18-27-14-16-28(17-15-27)24-7-3-4-12-26-24/h3-4,7-12,21H,2,5-6,13-20H2,1H3. The number of nitrogens with zero attached hydrogens (tertiary/aromatic N) is 4. The van der Waals surface area contributed by atoms with E-state index >= 15 is 0 Å². The van der Waals surface area contributed by atoms with Gasteiger partial charge >= 0.3 is 0 Å². The van der Waals surface area contributed by atoms with Crippen molar-refractivity contribution in [1.29, 1.82) is 0 Å². The molecular formula is C25H34N4O2S. The van der Waals surface area contributed by atoms with E-state index in [-0.39, 0.29) is 5.91 Å². The molecule has 32 heavy (non-hydrogen) atoms. The molecule has 1 atom stereocenters. The lowest BCUT2D eigenvalue weighted by Gasteiger charge is -2.39. The monoisotopic (exact) mass is 454 g/mol. The van der Waals surface area contributed by atoms with Gasteiger partial charge in [-0.05, 0) is 62.1 Å². The van der Waals surface area contributed by atoms with E-state index < -0.39 is 0 Å². The first-order valence-electron chi connectivity index (χ1n) is 11.7. The van der Waals surface area contributed by atoms with Gasteiger partial charge in [0.05, 0.1) is 12.4 Å². The van der Waals surface area contributed by atoms with Crippen molar-refractivity contribution in [3.8, 4) is 5.75 Å². The summed E-state index contributed by atoms with van der Waals surface area (Å²) in [5, 5.41) is 0. The predicted molar refractivity (Wildman–Crippen MR) is 131 cm³/mol. The number of pyridine rings is 1. The maximum absolute atomic E-state index is 12.8. The van der Waals surface area contributed by atoms with Crippen LogP contribution in [0.5, 0.6) is 5.75 Å². The Morgan fingerprint density at radius 1 is 1.09 bits per heavy atom. The zero-order chi connectivity index (χ0) is 22.2. The highest BCUT2D eigenvalue weighted by Gasteiger charge is 2.27. The molecule has 2 fully saturated rings. The van der Waals surface area contributed by atoms with Crippen molar-refractivity contribution in [3.05, 3.63) is 48.7 Å². The minimum atomic E-state index is 0.258. The molecule has 6 nitrogen and oxygen atoms in total. The first kappa shape index (κ1) is 22.9. The van der Waals surface area contributed by atoms with Gasteiger partial charge in [0.15, 0.2) is 0 Å². The van der Waals surface area contributed by atoms with Crippen LogP contribution < -0.4 is 9.64 Å². The molecule has 1 amide bonds. The Labute approximate surface area is 195 Å². The summed E-state index contributed by atoms with van der Waals surface area (Å²) in [7, 11) is 0. The molecule has 2 aromatic rings. The Hall–Kier alpha value is -2.25. The highest BCUT2D eigenvalue weighted by atomic mass is 32.2. The molecule has 1 unspecified atom stereocenters. The smallest absolute Gasteiger partial charge is 0.232 e. The van der Waals surface area contributed by atoms with Crippen LogP contribution in [0.15, 0.2) is 53.6 Å². The molecule has 1 aromatic carbocycles. The van der Waals surface area contributed by atoms with E-state index in [4.69, 9.17) is 4.74 Å². The molecule has 2 aliphatic heterocycles. The molecule has 1 aromatic heterocycles. The van der Waals surface area contributed by atoms with E-state index in [0.29, 0.717) is 18.3 Å². The van der Waals surface area contributed by atoms with E-state index in [0.717, 1.165) is 68.7 Å². The number of carbonyl (C=O) groups is 1. The van der Waals surface area contributed by atoms with E-state index in [9.17, 15) is 4.79 Å². The van der Waals surface area contributed by atoms with Crippen LogP contribution in [0.3, 0.4) is 0 Å². The van der Waals surface area contributed by atoms with E-state index in [2.05, 4.69) is 31.8 Å². The topological polar surface area (TPSA) is 48.9 Å². The van der Waals surface area contributed by atoms with Gasteiger partial charge in [-0.1, -0.05) is 6.07 Å². The van der Waals surface area contributed by atoms with Crippen molar-refractivity contribution in [1.82, 2.24) is 14.8 Å². The second-order valence-electron chi connectivity index (χ2n) is 8.52. The van der Waals surface area contributed by atoms with Crippen LogP contribution in [0.1, 0.15) is 19.8 Å². The number of anilines is 1. The third-order valence-electron chi connectivity index (χ3n) is 6.23. The average molecular weight is 455 g/mol. The summed E-state index contributed by atoms with van der Waals surface area (Å²) in [6.45, 7) is 9.69. The van der Waals surface area contributed by atoms with E-state index in [1.54, 1.807) is 11.8 Å². The molecule has 172 valence electrons. The van der Waals surface area contributed by atoms with Gasteiger partial charge in [-0.3, -0.25) is 9.69 Å². The lowest BCUT2D eigenvalue weighted by Crippen LogP contribution is -2.50. The van der Waals surface area contributed by atoms with Crippen molar-refractivity contribution < 1.29 is 9.53 Å².